The fourth-order valence-corrected chi connectivity index (χ4v) is 3.30. The number of thiazole rings is 1. The highest BCUT2D eigenvalue weighted by atomic mass is 32.1. The zero-order chi connectivity index (χ0) is 17.9. The molecule has 0 fully saturated rings. The van der Waals surface area contributed by atoms with Crippen LogP contribution in [0, 0.1) is 0 Å². The van der Waals surface area contributed by atoms with Crippen LogP contribution in [0.25, 0.3) is 21.0 Å². The monoisotopic (exact) mass is 363 g/mol. The van der Waals surface area contributed by atoms with Gasteiger partial charge in [-0.3, -0.25) is 5.43 Å². The van der Waals surface area contributed by atoms with Crippen molar-refractivity contribution in [2.24, 2.45) is 5.10 Å². The molecule has 0 spiro atoms. The first-order chi connectivity index (χ1) is 12.7. The molecule has 0 aliphatic rings. The highest BCUT2D eigenvalue weighted by molar-refractivity contribution is 7.21. The molecule has 4 aromatic rings. The fraction of sp³-hybridized carbons (Fsp3) is 0. The normalized spacial score (nSPS) is 11.2. The van der Waals surface area contributed by atoms with Gasteiger partial charge < -0.3 is 9.52 Å². The first-order valence-corrected chi connectivity index (χ1v) is 8.59. The lowest BCUT2D eigenvalue weighted by Gasteiger charge is -1.99. The van der Waals surface area contributed by atoms with Gasteiger partial charge in [-0.15, -0.1) is 11.3 Å². The molecule has 4 rings (SSSR count). The first-order valence-electron chi connectivity index (χ1n) is 7.77. The maximum absolute atomic E-state index is 10.8. The minimum absolute atomic E-state index is 0.228. The highest BCUT2D eigenvalue weighted by Crippen LogP contribution is 2.30. The Bertz CT molecular complexity index is 1060. The molecule has 0 saturated carbocycles. The van der Waals surface area contributed by atoms with Crippen LogP contribution in [0.1, 0.15) is 16.1 Å². The van der Waals surface area contributed by atoms with E-state index < -0.39 is 5.97 Å². The Hall–Kier alpha value is -3.45. The molecule has 2 aromatic heterocycles. The lowest BCUT2D eigenvalue weighted by molar-refractivity contribution is 0.0697. The average Bonchev–Trinajstić information content (AvgIpc) is 3.28. The second kappa shape index (κ2) is 6.81. The average molecular weight is 363 g/mol. The number of rotatable bonds is 5. The third-order valence-corrected chi connectivity index (χ3v) is 4.70. The van der Waals surface area contributed by atoms with Gasteiger partial charge in [0.1, 0.15) is 5.76 Å². The van der Waals surface area contributed by atoms with Crippen molar-refractivity contribution in [1.29, 1.82) is 0 Å². The Kier molecular flexibility index (Phi) is 4.20. The molecule has 0 atom stereocenters. The Labute approximate surface area is 152 Å². The summed E-state index contributed by atoms with van der Waals surface area (Å²) >= 11 is 1.58. The van der Waals surface area contributed by atoms with E-state index in [4.69, 9.17) is 9.52 Å². The van der Waals surface area contributed by atoms with Crippen LogP contribution in [0.15, 0.2) is 70.2 Å². The van der Waals surface area contributed by atoms with E-state index in [9.17, 15) is 4.79 Å². The number of fused-ring (bicyclic) bond motifs is 1. The maximum Gasteiger partial charge on any atom is 0.335 e. The Morgan fingerprint density at radius 3 is 2.69 bits per heavy atom. The molecule has 2 N–H and O–H groups in total. The van der Waals surface area contributed by atoms with Crippen LogP contribution in [0.5, 0.6) is 0 Å². The van der Waals surface area contributed by atoms with E-state index in [1.165, 1.54) is 12.1 Å². The third kappa shape index (κ3) is 3.33. The van der Waals surface area contributed by atoms with Gasteiger partial charge in [0.25, 0.3) is 0 Å². The molecule has 7 heteroatoms. The number of hydrogen-bond donors (Lipinski definition) is 2. The second-order valence-corrected chi connectivity index (χ2v) is 6.47. The minimum atomic E-state index is -0.960. The molecule has 0 bridgehead atoms. The predicted octanol–water partition coefficient (Wildman–Crippen LogP) is 4.70. The van der Waals surface area contributed by atoms with E-state index in [2.05, 4.69) is 15.5 Å². The summed E-state index contributed by atoms with van der Waals surface area (Å²) in [4.78, 5) is 15.4. The van der Waals surface area contributed by atoms with E-state index in [-0.39, 0.29) is 5.56 Å². The molecule has 0 saturated heterocycles. The van der Waals surface area contributed by atoms with Gasteiger partial charge in [0, 0.05) is 0 Å². The van der Waals surface area contributed by atoms with Crippen LogP contribution in [0.4, 0.5) is 5.69 Å². The molecule has 2 heterocycles. The van der Waals surface area contributed by atoms with Gasteiger partial charge in [0.2, 0.25) is 0 Å². The number of furan rings is 1. The summed E-state index contributed by atoms with van der Waals surface area (Å²) in [7, 11) is 0. The summed E-state index contributed by atoms with van der Waals surface area (Å²) in [5, 5.41) is 13.8. The molecule has 0 radical (unpaired) electrons. The van der Waals surface area contributed by atoms with Gasteiger partial charge in [-0.2, -0.15) is 5.10 Å². The summed E-state index contributed by atoms with van der Waals surface area (Å²) in [6, 6.07) is 17.9. The van der Waals surface area contributed by atoms with Crippen LogP contribution < -0.4 is 5.43 Å². The number of carbonyl (C=O) groups is 1. The largest absolute Gasteiger partial charge is 0.478 e. The van der Waals surface area contributed by atoms with E-state index in [0.717, 1.165) is 15.2 Å². The standard InChI is InChI=1S/C19H13N3O3S/c23-19(24)12-5-7-13(8-6-12)22-20-11-14-9-10-16(25-14)18-21-15-3-1-2-4-17(15)26-18/h1-11,22H,(H,23,24)/b20-11-. The molecule has 0 amide bonds. The van der Waals surface area contributed by atoms with Crippen molar-refractivity contribution < 1.29 is 14.3 Å². The topological polar surface area (TPSA) is 87.7 Å². The molecular formula is C19H13N3O3S. The molecule has 6 nitrogen and oxygen atoms in total. The summed E-state index contributed by atoms with van der Waals surface area (Å²) in [6.07, 6.45) is 1.56. The van der Waals surface area contributed by atoms with Crippen molar-refractivity contribution >= 4 is 39.4 Å². The number of para-hydroxylation sites is 1. The van der Waals surface area contributed by atoms with Crippen LogP contribution in [-0.2, 0) is 0 Å². The van der Waals surface area contributed by atoms with Gasteiger partial charge in [-0.05, 0) is 48.5 Å². The Balaban J connectivity index is 1.46. The number of carboxylic acids is 1. The molecule has 0 unspecified atom stereocenters. The third-order valence-electron chi connectivity index (χ3n) is 3.65. The number of benzene rings is 2. The van der Waals surface area contributed by atoms with Crippen molar-refractivity contribution in [3.63, 3.8) is 0 Å². The quantitative estimate of drug-likeness (QED) is 0.396. The van der Waals surface area contributed by atoms with Crippen molar-refractivity contribution in [1.82, 2.24) is 4.98 Å². The highest BCUT2D eigenvalue weighted by Gasteiger charge is 2.09. The minimum Gasteiger partial charge on any atom is -0.478 e. The van der Waals surface area contributed by atoms with Gasteiger partial charge in [0.15, 0.2) is 10.8 Å². The van der Waals surface area contributed by atoms with Crippen LogP contribution >= 0.6 is 11.3 Å². The van der Waals surface area contributed by atoms with Crippen molar-refractivity contribution in [2.75, 3.05) is 5.43 Å². The van der Waals surface area contributed by atoms with E-state index >= 15 is 0 Å². The van der Waals surface area contributed by atoms with Gasteiger partial charge in [0.05, 0.1) is 27.7 Å². The fourth-order valence-electron chi connectivity index (χ4n) is 2.37. The summed E-state index contributed by atoms with van der Waals surface area (Å²) in [5.41, 5.74) is 4.70. The van der Waals surface area contributed by atoms with E-state index in [1.54, 1.807) is 29.7 Å². The lowest BCUT2D eigenvalue weighted by Crippen LogP contribution is -1.96. The smallest absolute Gasteiger partial charge is 0.335 e. The summed E-state index contributed by atoms with van der Waals surface area (Å²) < 4.78 is 6.88. The Morgan fingerprint density at radius 1 is 1.12 bits per heavy atom. The maximum atomic E-state index is 10.8. The van der Waals surface area contributed by atoms with Crippen LogP contribution in [-0.4, -0.2) is 22.3 Å². The second-order valence-electron chi connectivity index (χ2n) is 5.44. The van der Waals surface area contributed by atoms with E-state index in [1.807, 2.05) is 36.4 Å². The van der Waals surface area contributed by atoms with Gasteiger partial charge in [-0.25, -0.2) is 9.78 Å². The number of nitrogens with zero attached hydrogens (tertiary/aromatic N) is 2. The van der Waals surface area contributed by atoms with Gasteiger partial charge >= 0.3 is 5.97 Å². The Morgan fingerprint density at radius 2 is 1.92 bits per heavy atom. The van der Waals surface area contributed by atoms with Gasteiger partial charge in [-0.1, -0.05) is 12.1 Å². The lowest BCUT2D eigenvalue weighted by atomic mass is 10.2. The molecule has 128 valence electrons. The number of aromatic nitrogens is 1. The summed E-state index contributed by atoms with van der Waals surface area (Å²) in [5.74, 6) is 0.324. The summed E-state index contributed by atoms with van der Waals surface area (Å²) in [6.45, 7) is 0. The van der Waals surface area contributed by atoms with Crippen LogP contribution in [0.2, 0.25) is 0 Å². The number of hydrogen-bond acceptors (Lipinski definition) is 6. The molecule has 0 aliphatic carbocycles. The number of aromatic carboxylic acids is 1. The molecular weight excluding hydrogens is 350 g/mol. The van der Waals surface area contributed by atoms with Crippen molar-refractivity contribution in [3.8, 4) is 10.8 Å². The zero-order valence-corrected chi connectivity index (χ0v) is 14.2. The van der Waals surface area contributed by atoms with Crippen molar-refractivity contribution in [3.05, 3.63) is 72.0 Å². The van der Waals surface area contributed by atoms with E-state index in [0.29, 0.717) is 17.2 Å². The first kappa shape index (κ1) is 16.0. The number of nitrogens with one attached hydrogen (secondary N) is 1. The van der Waals surface area contributed by atoms with Crippen LogP contribution in [0.3, 0.4) is 0 Å². The zero-order valence-electron chi connectivity index (χ0n) is 13.4. The van der Waals surface area contributed by atoms with Crippen molar-refractivity contribution in [2.45, 2.75) is 0 Å². The number of anilines is 1. The number of hydrazone groups is 1. The number of carboxylic acid groups (broad SMARTS) is 1. The molecule has 2 aromatic carbocycles. The SMILES string of the molecule is O=C(O)c1ccc(N/N=C\c2ccc(-c3nc4ccccc4s3)o2)cc1. The molecule has 26 heavy (non-hydrogen) atoms. The molecule has 0 aliphatic heterocycles. The predicted molar refractivity (Wildman–Crippen MR) is 102 cm³/mol.